The summed E-state index contributed by atoms with van der Waals surface area (Å²) in [5, 5.41) is 7.94. The molecule has 0 aromatic rings. The van der Waals surface area contributed by atoms with Crippen molar-refractivity contribution >= 4 is 45.9 Å². The first-order chi connectivity index (χ1) is 4.65. The van der Waals surface area contributed by atoms with Gasteiger partial charge in [-0.3, -0.25) is 0 Å². The van der Waals surface area contributed by atoms with E-state index in [4.69, 9.17) is 51.1 Å². The summed E-state index contributed by atoms with van der Waals surface area (Å²) in [7, 11) is 20.9. The second kappa shape index (κ2) is 6.58. The Morgan fingerprint density at radius 2 is 1.45 bits per heavy atom. The van der Waals surface area contributed by atoms with Crippen LogP contribution in [-0.4, -0.2) is 5.11 Å². The standard InChI is InChI=1S/C4H9O.5ClH.Ta/c1-2-3-4-5;;;;;;/h4-5H,2-3H2,1H3;5*1H;/q-1;;;;;;+5/p-5. The second-order valence-electron chi connectivity index (χ2n) is 1.61. The van der Waals surface area contributed by atoms with Crippen molar-refractivity contribution < 1.29 is 15.5 Å². The van der Waals surface area contributed by atoms with Gasteiger partial charge in [0.2, 0.25) is 0 Å². The molecular weight excluding hydrogens is 422 g/mol. The first-order valence-corrected chi connectivity index (χ1v) is 22.6. The molecule has 1 N–H and O–H groups in total. The zero-order chi connectivity index (χ0) is 9.57. The Morgan fingerprint density at radius 3 is 1.45 bits per heavy atom. The van der Waals surface area contributed by atoms with Crippen molar-refractivity contribution in [2.45, 2.75) is 19.8 Å². The fraction of sp³-hybridized carbons (Fsp3) is 0.750. The monoisotopic (exact) mass is 429 g/mol. The summed E-state index contributed by atoms with van der Waals surface area (Å²) in [4.78, 5) is 0. The molecule has 0 bridgehead atoms. The van der Waals surface area contributed by atoms with E-state index in [0.717, 1.165) is 12.8 Å². The van der Waals surface area contributed by atoms with Crippen molar-refractivity contribution in [2.75, 3.05) is 0 Å². The van der Waals surface area contributed by atoms with Gasteiger partial charge in [0.1, 0.15) is 0 Å². The molecule has 0 saturated carbocycles. The molecule has 0 spiro atoms. The Morgan fingerprint density at radius 1 is 1.18 bits per heavy atom. The number of aliphatic hydroxyl groups excluding tert-OH is 1. The molecule has 72 valence electrons. The van der Waals surface area contributed by atoms with Crippen LogP contribution in [0, 0.1) is 6.61 Å². The van der Waals surface area contributed by atoms with Crippen LogP contribution in [0.15, 0.2) is 0 Å². The van der Waals surface area contributed by atoms with Crippen LogP contribution in [0.1, 0.15) is 19.8 Å². The van der Waals surface area contributed by atoms with Gasteiger partial charge in [-0.15, -0.1) is 0 Å². The van der Waals surface area contributed by atoms with E-state index >= 15 is 0 Å². The first-order valence-electron chi connectivity index (χ1n) is 2.72. The maximum absolute atomic E-state index is 7.94. The average molecular weight is 431 g/mol. The van der Waals surface area contributed by atoms with Crippen LogP contribution in [0.5, 0.6) is 0 Å². The van der Waals surface area contributed by atoms with Crippen molar-refractivity contribution in [3.63, 3.8) is 0 Å². The molecule has 11 heavy (non-hydrogen) atoms. The van der Waals surface area contributed by atoms with Gasteiger partial charge in [-0.1, -0.05) is 13.3 Å². The quantitative estimate of drug-likeness (QED) is 0.625. The molecule has 0 heterocycles. The van der Waals surface area contributed by atoms with Gasteiger partial charge in [-0.25, -0.2) is 6.61 Å². The van der Waals surface area contributed by atoms with Gasteiger partial charge in [0, 0.05) is 0 Å². The number of aliphatic hydroxyl groups is 1. The molecule has 7 heteroatoms. The predicted octanol–water partition coefficient (Wildman–Crippen LogP) is 4.77. The average Bonchev–Trinajstić information content (AvgIpc) is 1.60. The molecule has 0 atom stereocenters. The number of unbranched alkanes of at least 4 members (excludes halogenated alkanes) is 1. The van der Waals surface area contributed by atoms with E-state index in [0.29, 0.717) is 0 Å². The van der Waals surface area contributed by atoms with Crippen molar-refractivity contribution in [3.05, 3.63) is 6.61 Å². The summed E-state index contributed by atoms with van der Waals surface area (Å²) >= 11 is 0. The summed E-state index contributed by atoms with van der Waals surface area (Å²) in [5.74, 6) is 0. The zero-order valence-electron chi connectivity index (χ0n) is 5.78. The van der Waals surface area contributed by atoms with E-state index in [-0.39, 0.29) is 0 Å². The fourth-order valence-corrected chi connectivity index (χ4v) is 0.129. The Balaban J connectivity index is 0. The predicted molar refractivity (Wildman–Crippen MR) is 50.4 cm³/mol. The Kier molecular flexibility index (Phi) is 9.34. The summed E-state index contributed by atoms with van der Waals surface area (Å²) < 4.78 is 0. The van der Waals surface area contributed by atoms with E-state index in [9.17, 15) is 0 Å². The molecule has 0 radical (unpaired) electrons. The van der Waals surface area contributed by atoms with Crippen LogP contribution >= 0.6 is 45.9 Å². The van der Waals surface area contributed by atoms with Crippen LogP contribution < -0.4 is 0 Å². The van der Waals surface area contributed by atoms with Gasteiger partial charge < -0.3 is 5.11 Å². The van der Waals surface area contributed by atoms with E-state index in [1.165, 1.54) is 6.61 Å². The molecule has 0 unspecified atom stereocenters. The third-order valence-corrected chi connectivity index (χ3v) is 0.418. The van der Waals surface area contributed by atoms with Crippen LogP contribution in [0.25, 0.3) is 0 Å². The fourth-order valence-electron chi connectivity index (χ4n) is 0.129. The van der Waals surface area contributed by atoms with Gasteiger partial charge in [0.25, 0.3) is 0 Å². The van der Waals surface area contributed by atoms with Crippen molar-refractivity contribution in [2.24, 2.45) is 0 Å². The van der Waals surface area contributed by atoms with Gasteiger partial charge in [0.05, 0.1) is 0 Å². The molecule has 0 amide bonds. The van der Waals surface area contributed by atoms with Gasteiger partial charge in [-0.2, -0.15) is 6.42 Å². The third-order valence-electron chi connectivity index (χ3n) is 0.418. The SMILES string of the molecule is CCC[CH-]O.[Cl][Ta]([Cl])([Cl])([Cl])[Cl]. The van der Waals surface area contributed by atoms with E-state index in [1.807, 2.05) is 6.92 Å². The van der Waals surface area contributed by atoms with Crippen molar-refractivity contribution in [1.29, 1.82) is 0 Å². The molecule has 0 saturated heterocycles. The molecule has 0 aliphatic heterocycles. The third kappa shape index (κ3) is 72.7. The number of hydrogen-bond donors (Lipinski definition) is 1. The van der Waals surface area contributed by atoms with Gasteiger partial charge in [-0.05, 0) is 0 Å². The van der Waals surface area contributed by atoms with Crippen molar-refractivity contribution in [3.8, 4) is 0 Å². The molecule has 0 rings (SSSR count). The Hall–Kier alpha value is 2.15. The summed E-state index contributed by atoms with van der Waals surface area (Å²) in [6.45, 7) is 3.20. The van der Waals surface area contributed by atoms with E-state index in [2.05, 4.69) is 0 Å². The minimum absolute atomic E-state index is 0.819. The summed E-state index contributed by atoms with van der Waals surface area (Å²) in [6.07, 6.45) is 1.86. The van der Waals surface area contributed by atoms with Gasteiger partial charge in [0.15, 0.2) is 0 Å². The molecule has 0 aliphatic carbocycles. The first kappa shape index (κ1) is 15.6. The van der Waals surface area contributed by atoms with Crippen molar-refractivity contribution in [1.82, 2.24) is 0 Å². The van der Waals surface area contributed by atoms with Gasteiger partial charge >= 0.3 is 56.4 Å². The Labute approximate surface area is 87.0 Å². The molecule has 0 aromatic heterocycles. The number of hydrogen-bond acceptors (Lipinski definition) is 1. The Bertz CT molecular complexity index is 79.4. The topological polar surface area (TPSA) is 20.2 Å². The molecule has 0 aliphatic rings. The van der Waals surface area contributed by atoms with Crippen LogP contribution in [0.4, 0.5) is 0 Å². The van der Waals surface area contributed by atoms with E-state index < -0.39 is 10.4 Å². The number of halogens is 5. The summed E-state index contributed by atoms with van der Waals surface area (Å²) in [6, 6.07) is 0. The van der Waals surface area contributed by atoms with Crippen LogP contribution in [-0.2, 0) is 10.4 Å². The molecular formula is C4H9Cl5OTa-. The molecule has 0 aromatic carbocycles. The van der Waals surface area contributed by atoms with Crippen LogP contribution in [0.2, 0.25) is 0 Å². The molecule has 1 nitrogen and oxygen atoms in total. The summed E-state index contributed by atoms with van der Waals surface area (Å²) in [5.41, 5.74) is 0. The maximum atomic E-state index is 7.94. The second-order valence-corrected chi connectivity index (χ2v) is 48.0. The number of rotatable bonds is 2. The van der Waals surface area contributed by atoms with Crippen LogP contribution in [0.3, 0.4) is 0 Å². The zero-order valence-corrected chi connectivity index (χ0v) is 12.8. The van der Waals surface area contributed by atoms with E-state index in [1.54, 1.807) is 0 Å². The normalized spacial score (nSPS) is 14.3. The minimum atomic E-state index is -4.44. The molecule has 0 fully saturated rings.